The first-order valence-electron chi connectivity index (χ1n) is 5.64. The number of nitrogens with zero attached hydrogens (tertiary/aromatic N) is 2. The molecule has 0 aliphatic carbocycles. The summed E-state index contributed by atoms with van der Waals surface area (Å²) in [5.74, 6) is -0.527. The van der Waals surface area contributed by atoms with E-state index in [1.54, 1.807) is 28.8 Å². The number of imidazole rings is 1. The monoisotopic (exact) mass is 272 g/mol. The van der Waals surface area contributed by atoms with Crippen LogP contribution in [0.5, 0.6) is 0 Å². The smallest absolute Gasteiger partial charge is 0.356 e. The van der Waals surface area contributed by atoms with Gasteiger partial charge in [0.25, 0.3) is 0 Å². The zero-order chi connectivity index (χ0) is 13.4. The molecular weight excluding hydrogens is 264 g/mol. The van der Waals surface area contributed by atoms with Crippen LogP contribution in [-0.4, -0.2) is 20.5 Å². The van der Waals surface area contributed by atoms with Gasteiger partial charge in [-0.2, -0.15) is 0 Å². The topological polar surface area (TPSA) is 54.6 Å². The molecule has 3 aromatic rings. The lowest BCUT2D eigenvalue weighted by molar-refractivity contribution is 0.0693. The maximum atomic E-state index is 11.2. The quantitative estimate of drug-likeness (QED) is 0.778. The number of aromatic nitrogens is 2. The number of hydrogen-bond donors (Lipinski definition) is 1. The summed E-state index contributed by atoms with van der Waals surface area (Å²) in [6.45, 7) is 0. The summed E-state index contributed by atoms with van der Waals surface area (Å²) in [6, 6.07) is 12.5. The minimum absolute atomic E-state index is 0.0236. The average Bonchev–Trinajstić information content (AvgIpc) is 2.79. The van der Waals surface area contributed by atoms with Crippen molar-refractivity contribution >= 4 is 23.1 Å². The van der Waals surface area contributed by atoms with E-state index in [4.69, 9.17) is 11.6 Å². The minimum atomic E-state index is -1.05. The number of carboxylic acids is 1. The van der Waals surface area contributed by atoms with E-state index < -0.39 is 5.97 Å². The van der Waals surface area contributed by atoms with Crippen molar-refractivity contribution in [2.24, 2.45) is 0 Å². The van der Waals surface area contributed by atoms with E-state index in [9.17, 15) is 9.90 Å². The predicted molar refractivity (Wildman–Crippen MR) is 72.6 cm³/mol. The third-order valence-electron chi connectivity index (χ3n) is 2.87. The van der Waals surface area contributed by atoms with Crippen molar-refractivity contribution in [3.05, 3.63) is 59.4 Å². The van der Waals surface area contributed by atoms with Gasteiger partial charge in [0.05, 0.1) is 10.5 Å². The molecule has 94 valence electrons. The Morgan fingerprint density at radius 3 is 2.63 bits per heavy atom. The molecule has 0 amide bonds. The van der Waals surface area contributed by atoms with Gasteiger partial charge < -0.3 is 5.11 Å². The van der Waals surface area contributed by atoms with Crippen LogP contribution >= 0.6 is 11.6 Å². The standard InChI is InChI=1S/C14H9ClN2O2/c15-10-6-2-1-5-9(10)13-16-12(14(18)19)11-7-3-4-8-17(11)13/h1-8H,(H,18,19). The van der Waals surface area contributed by atoms with Gasteiger partial charge in [0.15, 0.2) is 5.69 Å². The van der Waals surface area contributed by atoms with Gasteiger partial charge in [-0.25, -0.2) is 9.78 Å². The molecule has 0 radical (unpaired) electrons. The van der Waals surface area contributed by atoms with Gasteiger partial charge in [-0.1, -0.05) is 29.8 Å². The van der Waals surface area contributed by atoms with Crippen LogP contribution in [0.15, 0.2) is 48.7 Å². The first-order chi connectivity index (χ1) is 9.18. The second-order valence-corrected chi connectivity index (χ2v) is 4.43. The Morgan fingerprint density at radius 1 is 1.16 bits per heavy atom. The number of benzene rings is 1. The average molecular weight is 273 g/mol. The SMILES string of the molecule is O=C(O)c1nc(-c2ccccc2Cl)n2ccccc12. The second kappa shape index (κ2) is 4.40. The van der Waals surface area contributed by atoms with Gasteiger partial charge >= 0.3 is 5.97 Å². The molecule has 4 nitrogen and oxygen atoms in total. The maximum absolute atomic E-state index is 11.2. The van der Waals surface area contributed by atoms with Crippen LogP contribution in [0, 0.1) is 0 Å². The van der Waals surface area contributed by atoms with Gasteiger partial charge in [-0.15, -0.1) is 0 Å². The normalized spacial score (nSPS) is 10.8. The van der Waals surface area contributed by atoms with Gasteiger partial charge in [-0.05, 0) is 24.3 Å². The molecule has 2 heterocycles. The van der Waals surface area contributed by atoms with Crippen LogP contribution in [0.25, 0.3) is 16.9 Å². The van der Waals surface area contributed by atoms with Crippen LogP contribution in [0.4, 0.5) is 0 Å². The molecule has 1 N–H and O–H groups in total. The summed E-state index contributed by atoms with van der Waals surface area (Å²) in [4.78, 5) is 15.4. The molecule has 0 atom stereocenters. The van der Waals surface area contributed by atoms with E-state index in [0.717, 1.165) is 0 Å². The highest BCUT2D eigenvalue weighted by molar-refractivity contribution is 6.33. The second-order valence-electron chi connectivity index (χ2n) is 4.02. The fourth-order valence-electron chi connectivity index (χ4n) is 2.03. The lowest BCUT2D eigenvalue weighted by atomic mass is 10.2. The maximum Gasteiger partial charge on any atom is 0.356 e. The predicted octanol–water partition coefficient (Wildman–Crippen LogP) is 3.35. The van der Waals surface area contributed by atoms with Gasteiger partial charge in [-0.3, -0.25) is 4.40 Å². The summed E-state index contributed by atoms with van der Waals surface area (Å²) in [5.41, 5.74) is 1.28. The number of pyridine rings is 1. The fraction of sp³-hybridized carbons (Fsp3) is 0. The Bertz CT molecular complexity index is 780. The van der Waals surface area contributed by atoms with E-state index in [-0.39, 0.29) is 5.69 Å². The van der Waals surface area contributed by atoms with E-state index in [2.05, 4.69) is 4.98 Å². The molecule has 2 aromatic heterocycles. The molecule has 5 heteroatoms. The molecule has 0 saturated heterocycles. The summed E-state index contributed by atoms with van der Waals surface area (Å²) in [6.07, 6.45) is 1.77. The lowest BCUT2D eigenvalue weighted by Crippen LogP contribution is -1.97. The van der Waals surface area contributed by atoms with Crippen molar-refractivity contribution < 1.29 is 9.90 Å². The van der Waals surface area contributed by atoms with Crippen molar-refractivity contribution in [3.63, 3.8) is 0 Å². The molecule has 0 unspecified atom stereocenters. The Labute approximate surface area is 113 Å². The summed E-state index contributed by atoms with van der Waals surface area (Å²) >= 11 is 6.15. The van der Waals surface area contributed by atoms with E-state index >= 15 is 0 Å². The van der Waals surface area contributed by atoms with E-state index in [1.807, 2.05) is 24.3 Å². The Kier molecular flexibility index (Phi) is 2.72. The van der Waals surface area contributed by atoms with Crippen molar-refractivity contribution in [2.45, 2.75) is 0 Å². The van der Waals surface area contributed by atoms with Crippen molar-refractivity contribution in [2.75, 3.05) is 0 Å². The zero-order valence-corrected chi connectivity index (χ0v) is 10.5. The molecule has 0 aliphatic heterocycles. The highest BCUT2D eigenvalue weighted by atomic mass is 35.5. The minimum Gasteiger partial charge on any atom is -0.476 e. The summed E-state index contributed by atoms with van der Waals surface area (Å²) < 4.78 is 1.73. The number of hydrogen-bond acceptors (Lipinski definition) is 2. The van der Waals surface area contributed by atoms with Crippen molar-refractivity contribution in [1.82, 2.24) is 9.38 Å². The molecule has 3 rings (SSSR count). The lowest BCUT2D eigenvalue weighted by Gasteiger charge is -2.02. The molecular formula is C14H9ClN2O2. The van der Waals surface area contributed by atoms with Crippen LogP contribution < -0.4 is 0 Å². The summed E-state index contributed by atoms with van der Waals surface area (Å²) in [7, 11) is 0. The molecule has 0 bridgehead atoms. The van der Waals surface area contributed by atoms with Crippen LogP contribution in [0.1, 0.15) is 10.5 Å². The molecule has 19 heavy (non-hydrogen) atoms. The number of halogens is 1. The molecule has 0 aliphatic rings. The van der Waals surface area contributed by atoms with Crippen molar-refractivity contribution in [3.8, 4) is 11.4 Å². The van der Waals surface area contributed by atoms with Gasteiger partial charge in [0.2, 0.25) is 0 Å². The number of fused-ring (bicyclic) bond motifs is 1. The Hall–Kier alpha value is -2.33. The number of carbonyl (C=O) groups is 1. The summed E-state index contributed by atoms with van der Waals surface area (Å²) in [5, 5.41) is 9.74. The molecule has 0 fully saturated rings. The van der Waals surface area contributed by atoms with Crippen LogP contribution in [-0.2, 0) is 0 Å². The largest absolute Gasteiger partial charge is 0.476 e. The van der Waals surface area contributed by atoms with Gasteiger partial charge in [0, 0.05) is 11.8 Å². The number of aromatic carboxylic acids is 1. The highest BCUT2D eigenvalue weighted by Gasteiger charge is 2.18. The fourth-order valence-corrected chi connectivity index (χ4v) is 2.25. The Balaban J connectivity index is 2.37. The highest BCUT2D eigenvalue weighted by Crippen LogP contribution is 2.28. The van der Waals surface area contributed by atoms with Crippen LogP contribution in [0.2, 0.25) is 5.02 Å². The Morgan fingerprint density at radius 2 is 1.89 bits per heavy atom. The van der Waals surface area contributed by atoms with Gasteiger partial charge in [0.1, 0.15) is 5.82 Å². The molecule has 0 spiro atoms. The van der Waals surface area contributed by atoms with Crippen molar-refractivity contribution in [1.29, 1.82) is 0 Å². The zero-order valence-electron chi connectivity index (χ0n) is 9.75. The molecule has 1 aromatic carbocycles. The van der Waals surface area contributed by atoms with E-state index in [1.165, 1.54) is 0 Å². The number of carboxylic acid groups (broad SMARTS) is 1. The molecule has 0 saturated carbocycles. The number of rotatable bonds is 2. The third kappa shape index (κ3) is 1.86. The first kappa shape index (κ1) is 11.7. The third-order valence-corrected chi connectivity index (χ3v) is 3.20. The van der Waals surface area contributed by atoms with Crippen LogP contribution in [0.3, 0.4) is 0 Å². The first-order valence-corrected chi connectivity index (χ1v) is 6.01. The van der Waals surface area contributed by atoms with E-state index in [0.29, 0.717) is 21.9 Å².